The van der Waals surface area contributed by atoms with Crippen molar-refractivity contribution in [1.82, 2.24) is 0 Å². The third-order valence-corrected chi connectivity index (χ3v) is 3.97. The van der Waals surface area contributed by atoms with Crippen molar-refractivity contribution in [3.8, 4) is 0 Å². The molecule has 0 saturated carbocycles. The number of ketones is 1. The fourth-order valence-corrected chi connectivity index (χ4v) is 2.25. The highest BCUT2D eigenvalue weighted by atomic mass is 16.1. The number of hydrogen-bond acceptors (Lipinski definition) is 2. The molecule has 0 spiro atoms. The summed E-state index contributed by atoms with van der Waals surface area (Å²) in [6, 6.07) is 13.4. The van der Waals surface area contributed by atoms with E-state index in [1.807, 2.05) is 49.4 Å². The summed E-state index contributed by atoms with van der Waals surface area (Å²) in [6.45, 7) is 6.24. The Labute approximate surface area is 120 Å². The summed E-state index contributed by atoms with van der Waals surface area (Å²) in [5.41, 5.74) is 10.0. The van der Waals surface area contributed by atoms with Crippen molar-refractivity contribution in [2.75, 3.05) is 5.73 Å². The number of nitrogen functional groups attached to an aromatic ring is 1. The molecule has 0 saturated heterocycles. The molecular weight excluding hydrogens is 246 g/mol. The maximum absolute atomic E-state index is 12.5. The third kappa shape index (κ3) is 2.74. The van der Waals surface area contributed by atoms with Gasteiger partial charge in [0.25, 0.3) is 0 Å². The number of rotatable bonds is 4. The van der Waals surface area contributed by atoms with Gasteiger partial charge in [-0.15, -0.1) is 0 Å². The van der Waals surface area contributed by atoms with Crippen molar-refractivity contribution >= 4 is 11.5 Å². The van der Waals surface area contributed by atoms with Crippen LogP contribution in [-0.2, 0) is 0 Å². The second-order valence-corrected chi connectivity index (χ2v) is 5.28. The van der Waals surface area contributed by atoms with Gasteiger partial charge in [0.15, 0.2) is 5.78 Å². The van der Waals surface area contributed by atoms with Gasteiger partial charge in [0.05, 0.1) is 0 Å². The van der Waals surface area contributed by atoms with Crippen molar-refractivity contribution in [3.63, 3.8) is 0 Å². The van der Waals surface area contributed by atoms with E-state index in [9.17, 15) is 4.79 Å². The molecule has 1 unspecified atom stereocenters. The fourth-order valence-electron chi connectivity index (χ4n) is 2.25. The smallest absolute Gasteiger partial charge is 0.193 e. The van der Waals surface area contributed by atoms with Gasteiger partial charge in [-0.1, -0.05) is 50.2 Å². The summed E-state index contributed by atoms with van der Waals surface area (Å²) in [6.07, 6.45) is 1.10. The van der Waals surface area contributed by atoms with E-state index in [1.54, 1.807) is 0 Å². The number of anilines is 1. The highest BCUT2D eigenvalue weighted by Gasteiger charge is 2.13. The standard InChI is InChI=1S/C18H21NO/c1-4-12(2)14-8-10-15(11-9-14)18(20)16-6-5-7-17(19)13(16)3/h5-12H,4,19H2,1-3H3. The third-order valence-electron chi connectivity index (χ3n) is 3.97. The minimum absolute atomic E-state index is 0.0329. The second-order valence-electron chi connectivity index (χ2n) is 5.28. The van der Waals surface area contributed by atoms with Crippen molar-refractivity contribution in [2.45, 2.75) is 33.1 Å². The van der Waals surface area contributed by atoms with Gasteiger partial charge in [-0.25, -0.2) is 0 Å². The van der Waals surface area contributed by atoms with E-state index < -0.39 is 0 Å². The van der Waals surface area contributed by atoms with Crippen LogP contribution in [0.3, 0.4) is 0 Å². The Balaban J connectivity index is 2.32. The normalized spacial score (nSPS) is 12.2. The first-order valence-corrected chi connectivity index (χ1v) is 7.04. The molecule has 104 valence electrons. The van der Waals surface area contributed by atoms with Gasteiger partial charge in [-0.3, -0.25) is 4.79 Å². The zero-order chi connectivity index (χ0) is 14.7. The lowest BCUT2D eigenvalue weighted by Gasteiger charge is -2.11. The predicted octanol–water partition coefficient (Wildman–Crippen LogP) is 4.32. The maximum atomic E-state index is 12.5. The maximum Gasteiger partial charge on any atom is 0.193 e. The molecule has 2 N–H and O–H groups in total. The van der Waals surface area contributed by atoms with E-state index in [1.165, 1.54) is 5.56 Å². The molecule has 2 aromatic rings. The predicted molar refractivity (Wildman–Crippen MR) is 84.2 cm³/mol. The highest BCUT2D eigenvalue weighted by molar-refractivity contribution is 6.10. The van der Waals surface area contributed by atoms with Crippen LogP contribution in [-0.4, -0.2) is 5.78 Å². The van der Waals surface area contributed by atoms with Crippen LogP contribution in [0.4, 0.5) is 5.69 Å². The van der Waals surface area contributed by atoms with Crippen LogP contribution in [0.1, 0.15) is 53.2 Å². The Morgan fingerprint density at radius 1 is 1.15 bits per heavy atom. The van der Waals surface area contributed by atoms with Gasteiger partial charge in [0, 0.05) is 16.8 Å². The summed E-state index contributed by atoms with van der Waals surface area (Å²) in [4.78, 5) is 12.5. The Bertz CT molecular complexity index is 614. The zero-order valence-electron chi connectivity index (χ0n) is 12.3. The number of carbonyl (C=O) groups is 1. The first kappa shape index (κ1) is 14.3. The van der Waals surface area contributed by atoms with Crippen LogP contribution in [0.15, 0.2) is 42.5 Å². The van der Waals surface area contributed by atoms with E-state index in [-0.39, 0.29) is 5.78 Å². The summed E-state index contributed by atoms with van der Waals surface area (Å²) >= 11 is 0. The molecule has 0 aromatic heterocycles. The molecule has 20 heavy (non-hydrogen) atoms. The minimum atomic E-state index is 0.0329. The lowest BCUT2D eigenvalue weighted by molar-refractivity contribution is 0.103. The van der Waals surface area contributed by atoms with E-state index in [0.29, 0.717) is 22.7 Å². The second kappa shape index (κ2) is 5.91. The van der Waals surface area contributed by atoms with E-state index in [0.717, 1.165) is 12.0 Å². The van der Waals surface area contributed by atoms with Crippen molar-refractivity contribution in [1.29, 1.82) is 0 Å². The van der Waals surface area contributed by atoms with E-state index >= 15 is 0 Å². The van der Waals surface area contributed by atoms with Crippen molar-refractivity contribution in [2.24, 2.45) is 0 Å². The van der Waals surface area contributed by atoms with Crippen LogP contribution >= 0.6 is 0 Å². The highest BCUT2D eigenvalue weighted by Crippen LogP contribution is 2.22. The molecule has 0 aliphatic rings. The molecule has 2 aromatic carbocycles. The number of carbonyl (C=O) groups excluding carboxylic acids is 1. The van der Waals surface area contributed by atoms with Gasteiger partial charge in [-0.05, 0) is 36.5 Å². The lowest BCUT2D eigenvalue weighted by atomic mass is 9.94. The van der Waals surface area contributed by atoms with Crippen LogP contribution in [0.5, 0.6) is 0 Å². The van der Waals surface area contributed by atoms with Crippen LogP contribution in [0.25, 0.3) is 0 Å². The SMILES string of the molecule is CCC(C)c1ccc(C(=O)c2cccc(N)c2C)cc1. The van der Waals surface area contributed by atoms with E-state index in [2.05, 4.69) is 13.8 Å². The number of benzene rings is 2. The molecule has 1 atom stereocenters. The van der Waals surface area contributed by atoms with Gasteiger partial charge >= 0.3 is 0 Å². The summed E-state index contributed by atoms with van der Waals surface area (Å²) < 4.78 is 0. The van der Waals surface area contributed by atoms with Crippen LogP contribution in [0, 0.1) is 6.92 Å². The summed E-state index contributed by atoms with van der Waals surface area (Å²) in [5.74, 6) is 0.554. The molecular formula is C18H21NO. The van der Waals surface area contributed by atoms with Gasteiger partial charge in [-0.2, -0.15) is 0 Å². The van der Waals surface area contributed by atoms with Gasteiger partial charge in [0.1, 0.15) is 0 Å². The lowest BCUT2D eigenvalue weighted by Crippen LogP contribution is -2.06. The van der Waals surface area contributed by atoms with Crippen molar-refractivity contribution in [3.05, 3.63) is 64.7 Å². The molecule has 0 aliphatic carbocycles. The van der Waals surface area contributed by atoms with E-state index in [4.69, 9.17) is 5.73 Å². The average Bonchev–Trinajstić information content (AvgIpc) is 2.48. The Morgan fingerprint density at radius 3 is 2.40 bits per heavy atom. The first-order chi connectivity index (χ1) is 9.54. The molecule has 0 bridgehead atoms. The quantitative estimate of drug-likeness (QED) is 0.662. The average molecular weight is 267 g/mol. The molecule has 0 fully saturated rings. The monoisotopic (exact) mass is 267 g/mol. The molecule has 0 heterocycles. The molecule has 2 rings (SSSR count). The zero-order valence-corrected chi connectivity index (χ0v) is 12.3. The Hall–Kier alpha value is -2.09. The molecule has 0 amide bonds. The molecule has 0 aliphatic heterocycles. The van der Waals surface area contributed by atoms with Crippen molar-refractivity contribution < 1.29 is 4.79 Å². The Kier molecular flexibility index (Phi) is 4.23. The molecule has 2 heteroatoms. The van der Waals surface area contributed by atoms with Crippen LogP contribution < -0.4 is 5.73 Å². The first-order valence-electron chi connectivity index (χ1n) is 7.04. The fraction of sp³-hybridized carbons (Fsp3) is 0.278. The number of nitrogens with two attached hydrogens (primary N) is 1. The summed E-state index contributed by atoms with van der Waals surface area (Å²) in [5, 5.41) is 0. The van der Waals surface area contributed by atoms with Gasteiger partial charge in [0.2, 0.25) is 0 Å². The van der Waals surface area contributed by atoms with Crippen LogP contribution in [0.2, 0.25) is 0 Å². The Morgan fingerprint density at radius 2 is 1.80 bits per heavy atom. The molecule has 0 radical (unpaired) electrons. The number of hydrogen-bond donors (Lipinski definition) is 1. The molecule has 2 nitrogen and oxygen atoms in total. The largest absolute Gasteiger partial charge is 0.398 e. The minimum Gasteiger partial charge on any atom is -0.398 e. The topological polar surface area (TPSA) is 43.1 Å². The summed E-state index contributed by atoms with van der Waals surface area (Å²) in [7, 11) is 0. The van der Waals surface area contributed by atoms with Gasteiger partial charge < -0.3 is 5.73 Å².